The van der Waals surface area contributed by atoms with Gasteiger partial charge >= 0.3 is 0 Å². The van der Waals surface area contributed by atoms with Crippen molar-refractivity contribution in [2.45, 2.75) is 333 Å². The van der Waals surface area contributed by atoms with E-state index in [0.29, 0.717) is 12.8 Å². The van der Waals surface area contributed by atoms with Crippen LogP contribution in [-0.2, 0) is 14.3 Å². The first-order chi connectivity index (χ1) is 31.3. The molecule has 7 unspecified atom stereocenters. The molecule has 1 saturated heterocycles. The van der Waals surface area contributed by atoms with E-state index in [4.69, 9.17) is 9.47 Å². The first kappa shape index (κ1) is 61.2. The summed E-state index contributed by atoms with van der Waals surface area (Å²) in [7, 11) is 0. The van der Waals surface area contributed by atoms with Gasteiger partial charge in [-0.3, -0.25) is 4.79 Å². The fourth-order valence-corrected chi connectivity index (χ4v) is 9.46. The van der Waals surface area contributed by atoms with E-state index in [1.54, 1.807) is 0 Å². The van der Waals surface area contributed by atoms with Gasteiger partial charge < -0.3 is 40.3 Å². The van der Waals surface area contributed by atoms with Crippen molar-refractivity contribution in [3.63, 3.8) is 0 Å². The Labute approximate surface area is 395 Å². The van der Waals surface area contributed by atoms with Gasteiger partial charge in [-0.15, -0.1) is 0 Å². The highest BCUT2D eigenvalue weighted by molar-refractivity contribution is 5.76. The van der Waals surface area contributed by atoms with E-state index in [0.717, 1.165) is 38.5 Å². The molecule has 1 aliphatic heterocycles. The van der Waals surface area contributed by atoms with Gasteiger partial charge in [0.05, 0.1) is 25.4 Å². The minimum Gasteiger partial charge on any atom is -0.394 e. The first-order valence-corrected chi connectivity index (χ1v) is 28.2. The summed E-state index contributed by atoms with van der Waals surface area (Å²) in [5, 5.41) is 54.5. The van der Waals surface area contributed by atoms with Gasteiger partial charge in [-0.25, -0.2) is 0 Å². The van der Waals surface area contributed by atoms with Crippen LogP contribution in [0.2, 0.25) is 0 Å². The number of aliphatic hydroxyl groups excluding tert-OH is 5. The van der Waals surface area contributed by atoms with E-state index >= 15 is 0 Å². The number of ether oxygens (including phenoxy) is 2. The number of carbonyl (C=O) groups is 1. The SMILES string of the molecule is CCCCCCCCCCCCCCCCCCCCCCCCCCCCCCC(=O)NC(COC1OC(CO)C(O)C(O)C1O)C(O)CCCCCCCCCCCCCCC. The van der Waals surface area contributed by atoms with Gasteiger partial charge in [0, 0.05) is 6.42 Å². The zero-order valence-electron chi connectivity index (χ0n) is 42.3. The summed E-state index contributed by atoms with van der Waals surface area (Å²) >= 11 is 0. The van der Waals surface area contributed by atoms with Gasteiger partial charge in [0.25, 0.3) is 0 Å². The molecule has 9 nitrogen and oxygen atoms in total. The zero-order valence-corrected chi connectivity index (χ0v) is 42.3. The highest BCUT2D eigenvalue weighted by atomic mass is 16.7. The molecule has 1 rings (SSSR count). The molecule has 1 fully saturated rings. The summed E-state index contributed by atoms with van der Waals surface area (Å²) in [4.78, 5) is 13.0. The maximum Gasteiger partial charge on any atom is 0.220 e. The number of nitrogens with one attached hydrogen (secondary N) is 1. The van der Waals surface area contributed by atoms with Crippen molar-refractivity contribution in [1.29, 1.82) is 0 Å². The molecule has 1 aliphatic rings. The molecule has 0 bridgehead atoms. The molecule has 0 saturated carbocycles. The minimum atomic E-state index is -1.55. The second-order valence-electron chi connectivity index (χ2n) is 20.1. The fourth-order valence-electron chi connectivity index (χ4n) is 9.46. The average molecular weight is 912 g/mol. The van der Waals surface area contributed by atoms with Crippen molar-refractivity contribution in [1.82, 2.24) is 5.32 Å². The molecule has 0 aromatic rings. The van der Waals surface area contributed by atoms with Crippen LogP contribution in [-0.4, -0.2) is 87.5 Å². The van der Waals surface area contributed by atoms with E-state index in [1.165, 1.54) is 225 Å². The maximum absolute atomic E-state index is 13.0. The molecule has 0 spiro atoms. The molecule has 9 heteroatoms. The zero-order chi connectivity index (χ0) is 46.6. The standard InChI is InChI=1S/C55H109NO8/c1-3-5-7-9-11-13-15-17-18-19-20-21-22-23-24-25-26-27-28-29-30-31-33-35-37-39-41-43-45-51(59)56-48(47-63-55-54(62)53(61)52(60)50(46-57)64-55)49(58)44-42-40-38-36-34-32-16-14-12-10-8-6-4-2/h48-50,52-55,57-58,60-62H,3-47H2,1-2H3,(H,56,59). The van der Waals surface area contributed by atoms with Gasteiger partial charge in [-0.2, -0.15) is 0 Å². The van der Waals surface area contributed by atoms with Crippen molar-refractivity contribution in [2.75, 3.05) is 13.2 Å². The molecule has 0 aromatic carbocycles. The monoisotopic (exact) mass is 912 g/mol. The maximum atomic E-state index is 13.0. The van der Waals surface area contributed by atoms with Gasteiger partial charge in [-0.1, -0.05) is 271 Å². The molecule has 0 aliphatic carbocycles. The molecule has 0 radical (unpaired) electrons. The third kappa shape index (κ3) is 35.3. The van der Waals surface area contributed by atoms with E-state index < -0.39 is 49.5 Å². The number of hydrogen-bond donors (Lipinski definition) is 6. The quantitative estimate of drug-likeness (QED) is 0.0331. The number of rotatable bonds is 49. The molecule has 1 amide bonds. The van der Waals surface area contributed by atoms with Crippen LogP contribution in [0.3, 0.4) is 0 Å². The Morgan fingerprint density at radius 2 is 0.781 bits per heavy atom. The highest BCUT2D eigenvalue weighted by Crippen LogP contribution is 2.23. The van der Waals surface area contributed by atoms with Gasteiger partial charge in [0.2, 0.25) is 5.91 Å². The Kier molecular flexibility index (Phi) is 43.9. The van der Waals surface area contributed by atoms with E-state index in [1.807, 2.05) is 0 Å². The second kappa shape index (κ2) is 45.9. The fraction of sp³-hybridized carbons (Fsp3) is 0.982. The molecule has 1 heterocycles. The van der Waals surface area contributed by atoms with Crippen molar-refractivity contribution in [3.8, 4) is 0 Å². The van der Waals surface area contributed by atoms with Crippen LogP contribution in [0.15, 0.2) is 0 Å². The Hall–Kier alpha value is -0.810. The lowest BCUT2D eigenvalue weighted by Gasteiger charge is -2.40. The van der Waals surface area contributed by atoms with Crippen molar-refractivity contribution in [2.24, 2.45) is 0 Å². The highest BCUT2D eigenvalue weighted by Gasteiger charge is 2.44. The molecular weight excluding hydrogens is 803 g/mol. The normalized spacial score (nSPS) is 19.9. The number of hydrogen-bond acceptors (Lipinski definition) is 8. The third-order valence-electron chi connectivity index (χ3n) is 14.0. The topological polar surface area (TPSA) is 149 Å². The summed E-state index contributed by atoms with van der Waals surface area (Å²) in [5.74, 6) is -0.137. The van der Waals surface area contributed by atoms with Crippen LogP contribution in [0.25, 0.3) is 0 Å². The minimum absolute atomic E-state index is 0.131. The number of aliphatic hydroxyl groups is 5. The van der Waals surface area contributed by atoms with Crippen LogP contribution in [0.5, 0.6) is 0 Å². The van der Waals surface area contributed by atoms with Gasteiger partial charge in [0.1, 0.15) is 24.4 Å². The van der Waals surface area contributed by atoms with Crippen LogP contribution in [0.4, 0.5) is 0 Å². The van der Waals surface area contributed by atoms with Gasteiger partial charge in [-0.05, 0) is 12.8 Å². The molecule has 64 heavy (non-hydrogen) atoms. The predicted octanol–water partition coefficient (Wildman–Crippen LogP) is 13.5. The molecular formula is C55H109NO8. The summed E-state index contributed by atoms with van der Waals surface area (Å²) in [5.41, 5.74) is 0. The van der Waals surface area contributed by atoms with Crippen LogP contribution in [0.1, 0.15) is 290 Å². The van der Waals surface area contributed by atoms with Crippen molar-refractivity contribution >= 4 is 5.91 Å². The van der Waals surface area contributed by atoms with Crippen molar-refractivity contribution < 1.29 is 39.8 Å². The molecule has 7 atom stereocenters. The largest absolute Gasteiger partial charge is 0.394 e. The molecule has 6 N–H and O–H groups in total. The Morgan fingerprint density at radius 1 is 0.469 bits per heavy atom. The van der Waals surface area contributed by atoms with Crippen LogP contribution >= 0.6 is 0 Å². The van der Waals surface area contributed by atoms with E-state index in [-0.39, 0.29) is 12.5 Å². The van der Waals surface area contributed by atoms with Crippen LogP contribution < -0.4 is 5.32 Å². The Balaban J connectivity index is 2.13. The van der Waals surface area contributed by atoms with E-state index in [9.17, 15) is 30.3 Å². The lowest BCUT2D eigenvalue weighted by molar-refractivity contribution is -0.302. The molecule has 0 aromatic heterocycles. The van der Waals surface area contributed by atoms with Gasteiger partial charge in [0.15, 0.2) is 6.29 Å². The number of unbranched alkanes of at least 4 members (excludes halogenated alkanes) is 39. The number of amides is 1. The Bertz CT molecular complexity index is 970. The Morgan fingerprint density at radius 3 is 1.11 bits per heavy atom. The lowest BCUT2D eigenvalue weighted by Crippen LogP contribution is -2.60. The summed E-state index contributed by atoms with van der Waals surface area (Å²) in [6, 6.07) is -0.712. The second-order valence-corrected chi connectivity index (χ2v) is 20.1. The number of carbonyl (C=O) groups excluding carboxylic acids is 1. The van der Waals surface area contributed by atoms with Crippen LogP contribution in [0, 0.1) is 0 Å². The average Bonchev–Trinajstić information content (AvgIpc) is 3.29. The predicted molar refractivity (Wildman–Crippen MR) is 268 cm³/mol. The summed E-state index contributed by atoms with van der Waals surface area (Å²) in [6.45, 7) is 3.87. The third-order valence-corrected chi connectivity index (χ3v) is 14.0. The molecule has 382 valence electrons. The smallest absolute Gasteiger partial charge is 0.220 e. The van der Waals surface area contributed by atoms with E-state index in [2.05, 4.69) is 19.2 Å². The first-order valence-electron chi connectivity index (χ1n) is 28.2. The summed E-state index contributed by atoms with van der Waals surface area (Å²) in [6.07, 6.45) is 47.1. The van der Waals surface area contributed by atoms with Crippen molar-refractivity contribution in [3.05, 3.63) is 0 Å². The lowest BCUT2D eigenvalue weighted by atomic mass is 9.99. The summed E-state index contributed by atoms with van der Waals surface area (Å²) < 4.78 is 11.3.